The number of amides is 4. The van der Waals surface area contributed by atoms with Crippen molar-refractivity contribution in [1.82, 2.24) is 15.1 Å². The van der Waals surface area contributed by atoms with Crippen LogP contribution in [0.3, 0.4) is 0 Å². The largest absolute Gasteiger partial charge is 0.368 e. The van der Waals surface area contributed by atoms with E-state index >= 15 is 0 Å². The maximum Gasteiger partial charge on any atom is 0.255 e. The number of fused-ring (bicyclic) bond motifs is 1. The first kappa shape index (κ1) is 21.9. The maximum atomic E-state index is 14.5. The van der Waals surface area contributed by atoms with Crippen LogP contribution in [-0.4, -0.2) is 65.6 Å². The molecule has 1 aromatic carbocycles. The Morgan fingerprint density at radius 1 is 1.09 bits per heavy atom. The first-order valence-corrected chi connectivity index (χ1v) is 11.6. The Kier molecular flexibility index (Phi) is 5.17. The van der Waals surface area contributed by atoms with E-state index in [1.807, 2.05) is 9.80 Å². The standard InChI is InChI=1S/C24H29FN4O4/c1-24(2)11-14(12-24)22(32)28-7-5-27(6-8-28)19-10-15(25)9-16-17(19)13-29(23(16)33)18-3-4-20(30)26-21(18)31/h9-10,14,18H,3-8,11-13H2,1-2H3,(H,26,30,31). The molecule has 4 amide bonds. The van der Waals surface area contributed by atoms with Crippen LogP contribution in [0, 0.1) is 17.2 Å². The summed E-state index contributed by atoms with van der Waals surface area (Å²) in [5, 5.41) is 2.29. The first-order valence-electron chi connectivity index (χ1n) is 11.6. The summed E-state index contributed by atoms with van der Waals surface area (Å²) in [4.78, 5) is 55.0. The van der Waals surface area contributed by atoms with Crippen molar-refractivity contribution < 1.29 is 23.6 Å². The normalized spacial score (nSPS) is 25.1. The van der Waals surface area contributed by atoms with Crippen molar-refractivity contribution >= 4 is 29.3 Å². The lowest BCUT2D eigenvalue weighted by molar-refractivity contribution is -0.142. The van der Waals surface area contributed by atoms with Crippen LogP contribution < -0.4 is 10.2 Å². The number of piperazine rings is 1. The average molecular weight is 457 g/mol. The molecule has 9 heteroatoms. The quantitative estimate of drug-likeness (QED) is 0.699. The Bertz CT molecular complexity index is 1040. The van der Waals surface area contributed by atoms with E-state index in [0.29, 0.717) is 37.4 Å². The van der Waals surface area contributed by atoms with Gasteiger partial charge in [-0.05, 0) is 36.8 Å². The fourth-order valence-electron chi connectivity index (χ4n) is 5.76. The van der Waals surface area contributed by atoms with Gasteiger partial charge in [0.2, 0.25) is 17.7 Å². The van der Waals surface area contributed by atoms with Crippen LogP contribution in [0.15, 0.2) is 12.1 Å². The molecular weight excluding hydrogens is 427 g/mol. The number of halogens is 1. The van der Waals surface area contributed by atoms with E-state index in [2.05, 4.69) is 19.2 Å². The Morgan fingerprint density at radius 2 is 1.79 bits per heavy atom. The van der Waals surface area contributed by atoms with E-state index in [0.717, 1.165) is 12.8 Å². The lowest BCUT2D eigenvalue weighted by Gasteiger charge is -2.45. The first-order chi connectivity index (χ1) is 15.6. The van der Waals surface area contributed by atoms with E-state index in [-0.39, 0.29) is 54.0 Å². The molecule has 4 aliphatic rings. The van der Waals surface area contributed by atoms with Crippen LogP contribution in [0.1, 0.15) is 55.5 Å². The van der Waals surface area contributed by atoms with Crippen LogP contribution in [-0.2, 0) is 20.9 Å². The predicted molar refractivity (Wildman–Crippen MR) is 118 cm³/mol. The number of imide groups is 1. The highest BCUT2D eigenvalue weighted by Crippen LogP contribution is 2.45. The molecule has 5 rings (SSSR count). The minimum Gasteiger partial charge on any atom is -0.368 e. The maximum absolute atomic E-state index is 14.5. The van der Waals surface area contributed by atoms with E-state index in [9.17, 15) is 23.6 Å². The van der Waals surface area contributed by atoms with E-state index in [1.165, 1.54) is 17.0 Å². The highest BCUT2D eigenvalue weighted by Gasteiger charge is 2.43. The summed E-state index contributed by atoms with van der Waals surface area (Å²) in [7, 11) is 0. The monoisotopic (exact) mass is 456 g/mol. The third-order valence-electron chi connectivity index (χ3n) is 7.48. The number of piperidine rings is 1. The van der Waals surface area contributed by atoms with Crippen LogP contribution >= 0.6 is 0 Å². The molecule has 176 valence electrons. The molecule has 1 N–H and O–H groups in total. The molecule has 2 saturated heterocycles. The lowest BCUT2D eigenvalue weighted by Crippen LogP contribution is -2.53. The molecule has 0 aromatic heterocycles. The zero-order valence-electron chi connectivity index (χ0n) is 19.0. The average Bonchev–Trinajstić information content (AvgIpc) is 3.07. The van der Waals surface area contributed by atoms with Crippen molar-refractivity contribution in [3.05, 3.63) is 29.1 Å². The zero-order valence-corrected chi connectivity index (χ0v) is 19.0. The van der Waals surface area contributed by atoms with Gasteiger partial charge in [-0.3, -0.25) is 24.5 Å². The highest BCUT2D eigenvalue weighted by molar-refractivity contribution is 6.06. The Balaban J connectivity index is 1.30. The second-order valence-corrected chi connectivity index (χ2v) is 10.4. The van der Waals surface area contributed by atoms with Gasteiger partial charge in [0.15, 0.2) is 0 Å². The number of anilines is 1. The number of carbonyl (C=O) groups is 4. The lowest BCUT2D eigenvalue weighted by atomic mass is 9.64. The molecule has 1 aromatic rings. The molecule has 0 radical (unpaired) electrons. The fraction of sp³-hybridized carbons (Fsp3) is 0.583. The Labute approximate surface area is 192 Å². The zero-order chi connectivity index (χ0) is 23.5. The molecule has 3 heterocycles. The molecule has 3 fully saturated rings. The summed E-state index contributed by atoms with van der Waals surface area (Å²) < 4.78 is 14.5. The van der Waals surface area contributed by atoms with Gasteiger partial charge in [0.05, 0.1) is 0 Å². The van der Waals surface area contributed by atoms with Gasteiger partial charge in [-0.1, -0.05) is 13.8 Å². The summed E-state index contributed by atoms with van der Waals surface area (Å²) in [6.07, 6.45) is 2.27. The van der Waals surface area contributed by atoms with Gasteiger partial charge in [-0.2, -0.15) is 0 Å². The molecular formula is C24H29FN4O4. The van der Waals surface area contributed by atoms with Crippen LogP contribution in [0.5, 0.6) is 0 Å². The van der Waals surface area contributed by atoms with Crippen LogP contribution in [0.25, 0.3) is 0 Å². The van der Waals surface area contributed by atoms with Gasteiger partial charge in [0.25, 0.3) is 5.91 Å². The smallest absolute Gasteiger partial charge is 0.255 e. The number of benzene rings is 1. The van der Waals surface area contributed by atoms with E-state index in [1.54, 1.807) is 0 Å². The van der Waals surface area contributed by atoms with E-state index < -0.39 is 17.8 Å². The van der Waals surface area contributed by atoms with Gasteiger partial charge < -0.3 is 14.7 Å². The molecule has 1 unspecified atom stereocenters. The topological polar surface area (TPSA) is 90.0 Å². The number of nitrogens with one attached hydrogen (secondary N) is 1. The minimum absolute atomic E-state index is 0.102. The van der Waals surface area contributed by atoms with Gasteiger partial charge in [-0.25, -0.2) is 4.39 Å². The van der Waals surface area contributed by atoms with Crippen LogP contribution in [0.4, 0.5) is 10.1 Å². The van der Waals surface area contributed by atoms with Gasteiger partial charge in [-0.15, -0.1) is 0 Å². The van der Waals surface area contributed by atoms with Crippen molar-refractivity contribution in [3.63, 3.8) is 0 Å². The molecule has 1 atom stereocenters. The number of rotatable bonds is 3. The van der Waals surface area contributed by atoms with Crippen molar-refractivity contribution in [3.8, 4) is 0 Å². The third kappa shape index (κ3) is 3.87. The predicted octanol–water partition coefficient (Wildman–Crippen LogP) is 1.67. The summed E-state index contributed by atoms with van der Waals surface area (Å²) >= 11 is 0. The molecule has 8 nitrogen and oxygen atoms in total. The molecule has 3 aliphatic heterocycles. The van der Waals surface area contributed by atoms with Crippen molar-refractivity contribution in [2.75, 3.05) is 31.1 Å². The number of hydrogen-bond donors (Lipinski definition) is 1. The minimum atomic E-state index is -0.736. The summed E-state index contributed by atoms with van der Waals surface area (Å²) in [6, 6.07) is 1.93. The van der Waals surface area contributed by atoms with Gasteiger partial charge in [0, 0.05) is 61.9 Å². The summed E-state index contributed by atoms with van der Waals surface area (Å²) in [6.45, 7) is 6.80. The van der Waals surface area contributed by atoms with Crippen molar-refractivity contribution in [2.24, 2.45) is 11.3 Å². The van der Waals surface area contributed by atoms with Crippen molar-refractivity contribution in [2.45, 2.75) is 52.1 Å². The molecule has 33 heavy (non-hydrogen) atoms. The second-order valence-electron chi connectivity index (χ2n) is 10.4. The molecule has 0 spiro atoms. The number of carbonyl (C=O) groups excluding carboxylic acids is 4. The third-order valence-corrected chi connectivity index (χ3v) is 7.48. The number of nitrogens with zero attached hydrogens (tertiary/aromatic N) is 3. The Morgan fingerprint density at radius 3 is 2.42 bits per heavy atom. The summed E-state index contributed by atoms with van der Waals surface area (Å²) in [5.74, 6) is -1.41. The summed E-state index contributed by atoms with van der Waals surface area (Å²) in [5.41, 5.74) is 1.85. The molecule has 0 bridgehead atoms. The Hall–Kier alpha value is -2.97. The van der Waals surface area contributed by atoms with Crippen molar-refractivity contribution in [1.29, 1.82) is 0 Å². The van der Waals surface area contributed by atoms with Crippen LogP contribution in [0.2, 0.25) is 0 Å². The molecule has 1 aliphatic carbocycles. The fourth-order valence-corrected chi connectivity index (χ4v) is 5.76. The second kappa shape index (κ2) is 7.81. The van der Waals surface area contributed by atoms with Gasteiger partial charge >= 0.3 is 0 Å². The molecule has 1 saturated carbocycles. The number of hydrogen-bond acceptors (Lipinski definition) is 5. The van der Waals surface area contributed by atoms with Gasteiger partial charge in [0.1, 0.15) is 11.9 Å². The highest BCUT2D eigenvalue weighted by atomic mass is 19.1. The SMILES string of the molecule is CC1(C)CC(C(=O)N2CCN(c3cc(F)cc4c3CN(C3CCC(=O)NC3=O)C4=O)CC2)C1. The van der Waals surface area contributed by atoms with E-state index in [4.69, 9.17) is 0 Å².